The number of anilines is 1. The summed E-state index contributed by atoms with van der Waals surface area (Å²) in [7, 11) is 0. The van der Waals surface area contributed by atoms with E-state index >= 15 is 0 Å². The average Bonchev–Trinajstić information content (AvgIpc) is 2.19. The van der Waals surface area contributed by atoms with Gasteiger partial charge in [-0.25, -0.2) is 0 Å². The number of nitrogens with one attached hydrogen (secondary N) is 1. The van der Waals surface area contributed by atoms with Crippen LogP contribution in [0, 0.1) is 0 Å². The molecule has 84 valence electrons. The number of benzene rings is 1. The third kappa shape index (κ3) is 1.55. The predicted molar refractivity (Wildman–Crippen MR) is 61.6 cm³/mol. The lowest BCUT2D eigenvalue weighted by Gasteiger charge is -2.47. The van der Waals surface area contributed by atoms with Crippen LogP contribution in [0.15, 0.2) is 24.3 Å². The Balaban J connectivity index is 1.73. The number of nitrogens with zero attached hydrogens (tertiary/aromatic N) is 1. The summed E-state index contributed by atoms with van der Waals surface area (Å²) in [5.41, 5.74) is 7.58. The zero-order chi connectivity index (χ0) is 11.1. The Bertz CT molecular complexity index is 426. The van der Waals surface area contributed by atoms with Crippen molar-refractivity contribution in [2.45, 2.75) is 25.0 Å². The maximum atomic E-state index is 11.9. The molecule has 3 aliphatic heterocycles. The van der Waals surface area contributed by atoms with Crippen LogP contribution in [0.1, 0.15) is 12.0 Å². The first-order valence-corrected chi connectivity index (χ1v) is 5.61. The van der Waals surface area contributed by atoms with Crippen molar-refractivity contribution in [3.8, 4) is 0 Å². The molecule has 2 bridgehead atoms. The number of fused-ring (bicyclic) bond motifs is 2. The van der Waals surface area contributed by atoms with Crippen LogP contribution in [0.5, 0.6) is 0 Å². The van der Waals surface area contributed by atoms with Gasteiger partial charge in [-0.1, -0.05) is 12.1 Å². The van der Waals surface area contributed by atoms with Crippen molar-refractivity contribution in [2.24, 2.45) is 0 Å². The monoisotopic (exact) mass is 217 g/mol. The molecule has 0 aliphatic carbocycles. The number of piperidine rings is 1. The first-order chi connectivity index (χ1) is 7.72. The smallest absolute Gasteiger partial charge is 0.240 e. The lowest BCUT2D eigenvalue weighted by Crippen LogP contribution is -2.69. The lowest BCUT2D eigenvalue weighted by atomic mass is 9.90. The molecule has 3 heterocycles. The zero-order valence-corrected chi connectivity index (χ0v) is 9.02. The number of hydrogen-bond donors (Lipinski definition) is 2. The Morgan fingerprint density at radius 3 is 3.00 bits per heavy atom. The summed E-state index contributed by atoms with van der Waals surface area (Å²) in [6.45, 7) is 1.50. The van der Waals surface area contributed by atoms with Gasteiger partial charge >= 0.3 is 0 Å². The van der Waals surface area contributed by atoms with E-state index in [0.717, 1.165) is 24.2 Å². The molecule has 1 amide bonds. The summed E-state index contributed by atoms with van der Waals surface area (Å²) in [6.07, 6.45) is 1.01. The van der Waals surface area contributed by atoms with Gasteiger partial charge in [0.2, 0.25) is 5.91 Å². The molecule has 1 aromatic rings. The molecule has 0 radical (unpaired) electrons. The van der Waals surface area contributed by atoms with Crippen molar-refractivity contribution in [2.75, 3.05) is 12.3 Å². The highest BCUT2D eigenvalue weighted by atomic mass is 16.2. The van der Waals surface area contributed by atoms with Gasteiger partial charge in [0.05, 0.1) is 6.04 Å². The third-order valence-corrected chi connectivity index (χ3v) is 3.33. The zero-order valence-electron chi connectivity index (χ0n) is 9.02. The first kappa shape index (κ1) is 9.66. The SMILES string of the molecule is Nc1cccc(CN2CC3CC(N3)C2=O)c1. The number of rotatable bonds is 2. The lowest BCUT2D eigenvalue weighted by molar-refractivity contribution is -0.143. The van der Waals surface area contributed by atoms with Crippen LogP contribution in [0.3, 0.4) is 0 Å². The summed E-state index contributed by atoms with van der Waals surface area (Å²) in [5, 5.41) is 3.24. The molecule has 4 rings (SSSR count). The van der Waals surface area contributed by atoms with E-state index in [2.05, 4.69) is 5.32 Å². The number of piperazine rings is 1. The molecule has 2 atom stereocenters. The highest BCUT2D eigenvalue weighted by Gasteiger charge is 2.42. The van der Waals surface area contributed by atoms with Crippen LogP contribution in [0.25, 0.3) is 0 Å². The second-order valence-corrected chi connectivity index (χ2v) is 4.62. The quantitative estimate of drug-likeness (QED) is 0.702. The van der Waals surface area contributed by atoms with Gasteiger partial charge in [0, 0.05) is 24.8 Å². The van der Waals surface area contributed by atoms with E-state index in [1.165, 1.54) is 0 Å². The van der Waals surface area contributed by atoms with Crippen molar-refractivity contribution < 1.29 is 4.79 Å². The van der Waals surface area contributed by atoms with E-state index in [1.54, 1.807) is 0 Å². The van der Waals surface area contributed by atoms with Crippen molar-refractivity contribution in [1.82, 2.24) is 10.2 Å². The van der Waals surface area contributed by atoms with E-state index in [1.807, 2.05) is 29.2 Å². The van der Waals surface area contributed by atoms with E-state index in [-0.39, 0.29) is 11.9 Å². The standard InChI is InChI=1S/C12H15N3O/c13-9-3-1-2-8(4-9)6-15-7-10-5-11(14-10)12(15)16/h1-4,10-11,14H,5-7,13H2. The second-order valence-electron chi connectivity index (χ2n) is 4.62. The topological polar surface area (TPSA) is 58.4 Å². The minimum Gasteiger partial charge on any atom is -0.399 e. The van der Waals surface area contributed by atoms with Gasteiger partial charge in [-0.2, -0.15) is 0 Å². The van der Waals surface area contributed by atoms with E-state index in [4.69, 9.17) is 5.73 Å². The Kier molecular flexibility index (Phi) is 2.11. The highest BCUT2D eigenvalue weighted by Crippen LogP contribution is 2.23. The molecule has 0 aromatic heterocycles. The molecule has 3 fully saturated rings. The van der Waals surface area contributed by atoms with E-state index < -0.39 is 0 Å². The predicted octanol–water partition coefficient (Wildman–Crippen LogP) is 0.341. The number of carbonyl (C=O) groups is 1. The number of amides is 1. The van der Waals surface area contributed by atoms with Gasteiger partial charge in [0.1, 0.15) is 0 Å². The van der Waals surface area contributed by atoms with Crippen LogP contribution >= 0.6 is 0 Å². The Morgan fingerprint density at radius 2 is 2.31 bits per heavy atom. The van der Waals surface area contributed by atoms with Gasteiger partial charge in [-0.05, 0) is 24.1 Å². The number of nitrogen functional groups attached to an aromatic ring is 1. The molecule has 1 aromatic carbocycles. The molecule has 0 spiro atoms. The van der Waals surface area contributed by atoms with Crippen LogP contribution in [0.2, 0.25) is 0 Å². The Morgan fingerprint density at radius 1 is 1.50 bits per heavy atom. The molecule has 3 aliphatic rings. The van der Waals surface area contributed by atoms with Crippen molar-refractivity contribution in [1.29, 1.82) is 0 Å². The maximum absolute atomic E-state index is 11.9. The third-order valence-electron chi connectivity index (χ3n) is 3.33. The average molecular weight is 217 g/mol. The first-order valence-electron chi connectivity index (χ1n) is 5.61. The Hall–Kier alpha value is -1.55. The minimum atomic E-state index is 0.0693. The minimum absolute atomic E-state index is 0.0693. The van der Waals surface area contributed by atoms with E-state index in [9.17, 15) is 4.79 Å². The van der Waals surface area contributed by atoms with Crippen LogP contribution < -0.4 is 11.1 Å². The molecule has 3 N–H and O–H groups in total. The number of nitrogens with two attached hydrogens (primary N) is 1. The largest absolute Gasteiger partial charge is 0.399 e. The molecule has 0 saturated carbocycles. The van der Waals surface area contributed by atoms with Crippen molar-refractivity contribution in [3.63, 3.8) is 0 Å². The van der Waals surface area contributed by atoms with Gasteiger partial charge in [0.15, 0.2) is 0 Å². The van der Waals surface area contributed by atoms with Gasteiger partial charge in [-0.3, -0.25) is 4.79 Å². The highest BCUT2D eigenvalue weighted by molar-refractivity contribution is 5.84. The molecular weight excluding hydrogens is 202 g/mol. The van der Waals surface area contributed by atoms with Crippen LogP contribution in [-0.2, 0) is 11.3 Å². The van der Waals surface area contributed by atoms with Gasteiger partial charge < -0.3 is 16.0 Å². The molecule has 16 heavy (non-hydrogen) atoms. The summed E-state index contributed by atoms with van der Waals surface area (Å²) in [5.74, 6) is 0.227. The number of carbonyl (C=O) groups excluding carboxylic acids is 1. The van der Waals surface area contributed by atoms with Crippen molar-refractivity contribution >= 4 is 11.6 Å². The number of hydrogen-bond acceptors (Lipinski definition) is 3. The molecule has 4 nitrogen and oxygen atoms in total. The normalized spacial score (nSPS) is 27.8. The van der Waals surface area contributed by atoms with Crippen molar-refractivity contribution in [3.05, 3.63) is 29.8 Å². The molecule has 3 saturated heterocycles. The fourth-order valence-electron chi connectivity index (χ4n) is 2.47. The maximum Gasteiger partial charge on any atom is 0.240 e. The fourth-order valence-corrected chi connectivity index (χ4v) is 2.47. The van der Waals surface area contributed by atoms with Gasteiger partial charge in [-0.15, -0.1) is 0 Å². The summed E-state index contributed by atoms with van der Waals surface area (Å²) in [4.78, 5) is 13.8. The van der Waals surface area contributed by atoms with Crippen LogP contribution in [-0.4, -0.2) is 29.4 Å². The van der Waals surface area contributed by atoms with Crippen LogP contribution in [0.4, 0.5) is 5.69 Å². The summed E-state index contributed by atoms with van der Waals surface area (Å²) >= 11 is 0. The Labute approximate surface area is 94.4 Å². The molecule has 2 unspecified atom stereocenters. The van der Waals surface area contributed by atoms with Gasteiger partial charge in [0.25, 0.3) is 0 Å². The summed E-state index contributed by atoms with van der Waals surface area (Å²) in [6, 6.07) is 8.31. The summed E-state index contributed by atoms with van der Waals surface area (Å²) < 4.78 is 0. The molecular formula is C12H15N3O. The van der Waals surface area contributed by atoms with E-state index in [0.29, 0.717) is 12.6 Å². The molecule has 4 heteroatoms. The fraction of sp³-hybridized carbons (Fsp3) is 0.417. The second kappa shape index (κ2) is 3.49.